The summed E-state index contributed by atoms with van der Waals surface area (Å²) in [4.78, 5) is 13.3. The molecule has 1 atom stereocenters. The quantitative estimate of drug-likeness (QED) is 0.782. The lowest BCUT2D eigenvalue weighted by Crippen LogP contribution is -2.54. The van der Waals surface area contributed by atoms with E-state index in [1.807, 2.05) is 6.07 Å². The van der Waals surface area contributed by atoms with Crippen molar-refractivity contribution in [3.63, 3.8) is 0 Å². The van der Waals surface area contributed by atoms with Crippen LogP contribution in [0.2, 0.25) is 0 Å². The zero-order chi connectivity index (χ0) is 20.9. The highest BCUT2D eigenvalue weighted by molar-refractivity contribution is 7.89. The predicted octanol–water partition coefficient (Wildman–Crippen LogP) is 2.90. The van der Waals surface area contributed by atoms with Gasteiger partial charge in [-0.3, -0.25) is 4.79 Å². The van der Waals surface area contributed by atoms with Crippen LogP contribution in [0, 0.1) is 40.4 Å². The number of hydrogen-bond donors (Lipinski definition) is 1. The van der Waals surface area contributed by atoms with Crippen LogP contribution in [-0.2, 0) is 14.8 Å². The summed E-state index contributed by atoms with van der Waals surface area (Å²) in [6.07, 6.45) is 7.83. The number of benzene rings is 1. The molecule has 1 aliphatic heterocycles. The first-order valence-corrected chi connectivity index (χ1v) is 12.6. The normalized spacial score (nSPS) is 35.3. The van der Waals surface area contributed by atoms with Crippen LogP contribution in [0.1, 0.15) is 50.5 Å². The summed E-state index contributed by atoms with van der Waals surface area (Å²) >= 11 is 0. The molecule has 0 aromatic heterocycles. The van der Waals surface area contributed by atoms with Gasteiger partial charge < -0.3 is 5.32 Å². The Morgan fingerprint density at radius 3 is 2.47 bits per heavy atom. The maximum atomic E-state index is 13.2. The van der Waals surface area contributed by atoms with Gasteiger partial charge >= 0.3 is 0 Å². The van der Waals surface area contributed by atoms with Crippen molar-refractivity contribution >= 4 is 15.9 Å². The van der Waals surface area contributed by atoms with Gasteiger partial charge in [-0.15, -0.1) is 0 Å². The van der Waals surface area contributed by atoms with Gasteiger partial charge in [0.15, 0.2) is 0 Å². The van der Waals surface area contributed by atoms with Crippen LogP contribution < -0.4 is 5.32 Å². The third-order valence-corrected chi connectivity index (χ3v) is 9.78. The van der Waals surface area contributed by atoms with Gasteiger partial charge in [0.2, 0.25) is 15.9 Å². The topological polar surface area (TPSA) is 90.3 Å². The van der Waals surface area contributed by atoms with Crippen LogP contribution in [-0.4, -0.2) is 38.3 Å². The van der Waals surface area contributed by atoms with E-state index >= 15 is 0 Å². The van der Waals surface area contributed by atoms with Crippen molar-refractivity contribution in [1.29, 1.82) is 5.26 Å². The lowest BCUT2D eigenvalue weighted by atomic mass is 9.49. The molecule has 30 heavy (non-hydrogen) atoms. The monoisotopic (exact) mass is 427 g/mol. The summed E-state index contributed by atoms with van der Waals surface area (Å²) in [7, 11) is -3.61. The number of sulfonamides is 1. The summed E-state index contributed by atoms with van der Waals surface area (Å²) in [6, 6.07) is 8.17. The van der Waals surface area contributed by atoms with E-state index in [0.717, 1.165) is 43.4 Å². The highest BCUT2D eigenvalue weighted by atomic mass is 32.2. The number of rotatable bonds is 5. The fourth-order valence-corrected chi connectivity index (χ4v) is 8.45. The Morgan fingerprint density at radius 1 is 1.17 bits per heavy atom. The first-order chi connectivity index (χ1) is 14.4. The zero-order valence-corrected chi connectivity index (χ0v) is 18.0. The van der Waals surface area contributed by atoms with E-state index < -0.39 is 10.0 Å². The molecule has 1 unspecified atom stereocenters. The molecule has 7 heteroatoms. The smallest absolute Gasteiger partial charge is 0.243 e. The van der Waals surface area contributed by atoms with Crippen LogP contribution in [0.25, 0.3) is 0 Å². The lowest BCUT2D eigenvalue weighted by molar-refractivity contribution is -0.146. The molecule has 0 spiro atoms. The fourth-order valence-electron chi connectivity index (χ4n) is 6.87. The zero-order valence-electron chi connectivity index (χ0n) is 17.2. The van der Waals surface area contributed by atoms with Crippen LogP contribution >= 0.6 is 0 Å². The van der Waals surface area contributed by atoms with E-state index in [-0.39, 0.29) is 22.1 Å². The van der Waals surface area contributed by atoms with Gasteiger partial charge in [0.1, 0.15) is 0 Å². The average Bonchev–Trinajstić information content (AvgIpc) is 3.21. The van der Waals surface area contributed by atoms with Gasteiger partial charge in [0, 0.05) is 25.0 Å². The highest BCUT2D eigenvalue weighted by Gasteiger charge is 2.54. The first kappa shape index (κ1) is 20.0. The SMILES string of the molecule is N#Cc1cccc(S(=O)(=O)N2CCC(CNC(=O)C34CC5CC(CC(C5)C3)C4)C2)c1. The molecule has 4 saturated carbocycles. The Hall–Kier alpha value is -1.91. The Kier molecular flexibility index (Phi) is 4.90. The molecule has 5 aliphatic rings. The number of nitrogens with zero attached hydrogens (tertiary/aromatic N) is 2. The van der Waals surface area contributed by atoms with E-state index in [0.29, 0.717) is 25.2 Å². The van der Waals surface area contributed by atoms with Crippen LogP contribution in [0.4, 0.5) is 0 Å². The van der Waals surface area contributed by atoms with Gasteiger partial charge in [-0.25, -0.2) is 8.42 Å². The molecule has 0 radical (unpaired) electrons. The van der Waals surface area contributed by atoms with Crippen molar-refractivity contribution in [3.8, 4) is 6.07 Å². The van der Waals surface area contributed by atoms with Crippen LogP contribution in [0.3, 0.4) is 0 Å². The van der Waals surface area contributed by atoms with Crippen molar-refractivity contribution in [2.75, 3.05) is 19.6 Å². The van der Waals surface area contributed by atoms with E-state index in [1.54, 1.807) is 18.2 Å². The second-order valence-electron chi connectivity index (χ2n) is 10.1. The molecule has 1 saturated heterocycles. The number of amides is 1. The van der Waals surface area contributed by atoms with Gasteiger partial charge in [-0.05, 0) is 86.8 Å². The molecule has 160 valence electrons. The van der Waals surface area contributed by atoms with Crippen molar-refractivity contribution in [2.24, 2.45) is 29.1 Å². The molecule has 5 fully saturated rings. The maximum absolute atomic E-state index is 13.2. The molecule has 1 amide bonds. The minimum Gasteiger partial charge on any atom is -0.355 e. The van der Waals surface area contributed by atoms with E-state index in [4.69, 9.17) is 5.26 Å². The van der Waals surface area contributed by atoms with E-state index in [1.165, 1.54) is 29.6 Å². The van der Waals surface area contributed by atoms with Gasteiger partial charge in [-0.1, -0.05) is 6.07 Å². The van der Waals surface area contributed by atoms with Gasteiger partial charge in [0.25, 0.3) is 0 Å². The summed E-state index contributed by atoms with van der Waals surface area (Å²) < 4.78 is 27.4. The second-order valence-corrected chi connectivity index (χ2v) is 12.0. The largest absolute Gasteiger partial charge is 0.355 e. The number of hydrogen-bond acceptors (Lipinski definition) is 4. The molecule has 6 rings (SSSR count). The fraction of sp³-hybridized carbons (Fsp3) is 0.652. The van der Waals surface area contributed by atoms with Gasteiger partial charge in [0.05, 0.1) is 16.5 Å². The summed E-state index contributed by atoms with van der Waals surface area (Å²) in [5.41, 5.74) is 0.186. The Bertz CT molecular complexity index is 962. The maximum Gasteiger partial charge on any atom is 0.243 e. The number of nitriles is 1. The van der Waals surface area contributed by atoms with Crippen molar-refractivity contribution < 1.29 is 13.2 Å². The lowest BCUT2D eigenvalue weighted by Gasteiger charge is -2.55. The molecular weight excluding hydrogens is 398 g/mol. The highest BCUT2D eigenvalue weighted by Crippen LogP contribution is 2.60. The average molecular weight is 428 g/mol. The first-order valence-electron chi connectivity index (χ1n) is 11.2. The summed E-state index contributed by atoms with van der Waals surface area (Å²) in [6.45, 7) is 1.42. The molecule has 1 N–H and O–H groups in total. The van der Waals surface area contributed by atoms with E-state index in [2.05, 4.69) is 5.32 Å². The van der Waals surface area contributed by atoms with Crippen molar-refractivity contribution in [2.45, 2.75) is 49.8 Å². The number of carbonyl (C=O) groups excluding carboxylic acids is 1. The summed E-state index contributed by atoms with van der Waals surface area (Å²) in [5, 5.41) is 12.3. The van der Waals surface area contributed by atoms with Crippen LogP contribution in [0.5, 0.6) is 0 Å². The molecule has 1 heterocycles. The third kappa shape index (κ3) is 3.44. The number of nitrogens with one attached hydrogen (secondary N) is 1. The number of carbonyl (C=O) groups is 1. The molecule has 1 aromatic rings. The van der Waals surface area contributed by atoms with Crippen molar-refractivity contribution in [3.05, 3.63) is 29.8 Å². The molecular formula is C23H29N3O3S. The Balaban J connectivity index is 1.20. The van der Waals surface area contributed by atoms with Gasteiger partial charge in [-0.2, -0.15) is 9.57 Å². The Labute approximate surface area is 178 Å². The van der Waals surface area contributed by atoms with Crippen LogP contribution in [0.15, 0.2) is 29.2 Å². The predicted molar refractivity (Wildman–Crippen MR) is 112 cm³/mol. The molecule has 4 bridgehead atoms. The minimum atomic E-state index is -3.61. The summed E-state index contributed by atoms with van der Waals surface area (Å²) in [5.74, 6) is 2.55. The minimum absolute atomic E-state index is 0.136. The molecule has 6 nitrogen and oxygen atoms in total. The van der Waals surface area contributed by atoms with Crippen molar-refractivity contribution in [1.82, 2.24) is 9.62 Å². The third-order valence-electron chi connectivity index (χ3n) is 7.92. The second kappa shape index (κ2) is 7.35. The molecule has 1 aromatic carbocycles. The molecule has 4 aliphatic carbocycles. The van der Waals surface area contributed by atoms with E-state index in [9.17, 15) is 13.2 Å². The Morgan fingerprint density at radius 2 is 1.83 bits per heavy atom. The standard InChI is InChI=1S/C23H29N3O3S/c24-13-16-2-1-3-21(9-16)30(28,29)26-5-4-17(15-26)14-25-22(27)23-10-18-6-19(11-23)8-20(7-18)12-23/h1-3,9,17-20H,4-8,10-12,14-15H2,(H,25,27).